The van der Waals surface area contributed by atoms with E-state index in [1.807, 2.05) is 47.4 Å². The molecule has 8 heteroatoms. The number of nitrogens with one attached hydrogen (secondary N) is 1. The van der Waals surface area contributed by atoms with Crippen molar-refractivity contribution in [1.82, 2.24) is 5.32 Å². The number of carbonyl (C=O) groups excluding carboxylic acids is 1. The molecule has 0 unspecified atom stereocenters. The summed E-state index contributed by atoms with van der Waals surface area (Å²) < 4.78 is 10.6. The molecule has 31 heavy (non-hydrogen) atoms. The Morgan fingerprint density at radius 2 is 1.77 bits per heavy atom. The molecule has 2 aromatic rings. The maximum absolute atomic E-state index is 12.0. The average molecular weight is 538 g/mol. The van der Waals surface area contributed by atoms with Crippen molar-refractivity contribution in [3.63, 3.8) is 0 Å². The van der Waals surface area contributed by atoms with Crippen LogP contribution in [0.1, 0.15) is 30.4 Å². The quantitative estimate of drug-likeness (QED) is 0.305. The van der Waals surface area contributed by atoms with E-state index in [1.54, 1.807) is 14.2 Å². The molecular weight excluding hydrogens is 507 g/mol. The molecule has 0 radical (unpaired) electrons. The first-order chi connectivity index (χ1) is 14.6. The Bertz CT molecular complexity index is 887. The summed E-state index contributed by atoms with van der Waals surface area (Å²) in [7, 11) is 3.25. The van der Waals surface area contributed by atoms with Gasteiger partial charge in [0.05, 0.1) is 20.8 Å². The van der Waals surface area contributed by atoms with Crippen molar-refractivity contribution in [2.24, 2.45) is 10.7 Å². The number of guanidine groups is 1. The molecule has 0 bridgehead atoms. The van der Waals surface area contributed by atoms with E-state index < -0.39 is 0 Å². The molecule has 3 rings (SSSR count). The minimum absolute atomic E-state index is 0. The van der Waals surface area contributed by atoms with Gasteiger partial charge in [-0.25, -0.2) is 4.99 Å². The van der Waals surface area contributed by atoms with Gasteiger partial charge in [-0.15, -0.1) is 24.0 Å². The molecule has 3 N–H and O–H groups in total. The second-order valence-corrected chi connectivity index (χ2v) is 7.24. The third-order valence-corrected chi connectivity index (χ3v) is 5.17. The molecule has 2 aromatic carbocycles. The predicted molar refractivity (Wildman–Crippen MR) is 135 cm³/mol. The summed E-state index contributed by atoms with van der Waals surface area (Å²) in [4.78, 5) is 18.3. The highest BCUT2D eigenvalue weighted by Crippen LogP contribution is 2.27. The fraction of sp³-hybridized carbons (Fsp3) is 0.391. The summed E-state index contributed by atoms with van der Waals surface area (Å²) in [6, 6.07) is 13.8. The van der Waals surface area contributed by atoms with Crippen molar-refractivity contribution < 1.29 is 14.3 Å². The van der Waals surface area contributed by atoms with Crippen LogP contribution in [0.2, 0.25) is 0 Å². The third kappa shape index (κ3) is 7.02. The Labute approximate surface area is 201 Å². The highest BCUT2D eigenvalue weighted by Gasteiger charge is 2.19. The fourth-order valence-electron chi connectivity index (χ4n) is 3.46. The van der Waals surface area contributed by atoms with Crippen molar-refractivity contribution in [3.8, 4) is 11.5 Å². The second kappa shape index (κ2) is 12.4. The van der Waals surface area contributed by atoms with Crippen LogP contribution in [-0.2, 0) is 17.8 Å². The maximum atomic E-state index is 12.0. The molecule has 168 valence electrons. The lowest BCUT2D eigenvalue weighted by atomic mass is 10.1. The van der Waals surface area contributed by atoms with Crippen LogP contribution in [0.4, 0.5) is 5.69 Å². The Balaban J connectivity index is 0.00000341. The number of amides is 1. The molecule has 0 atom stereocenters. The number of nitrogens with zero attached hydrogens (tertiary/aromatic N) is 2. The SMILES string of the molecule is COc1ccc(CCNC(N)=NCc2ccc(N3CCCCC3=O)cc2)cc1OC.I. The largest absolute Gasteiger partial charge is 0.493 e. The van der Waals surface area contributed by atoms with Crippen LogP contribution in [0.15, 0.2) is 47.5 Å². The number of rotatable bonds is 8. The normalized spacial score (nSPS) is 14.1. The van der Waals surface area contributed by atoms with Gasteiger partial charge >= 0.3 is 0 Å². The van der Waals surface area contributed by atoms with E-state index in [2.05, 4.69) is 10.3 Å². The van der Waals surface area contributed by atoms with Crippen molar-refractivity contribution in [3.05, 3.63) is 53.6 Å². The Morgan fingerprint density at radius 1 is 1.06 bits per heavy atom. The minimum Gasteiger partial charge on any atom is -0.493 e. The van der Waals surface area contributed by atoms with E-state index in [1.165, 1.54) is 0 Å². The van der Waals surface area contributed by atoms with Crippen LogP contribution in [0.5, 0.6) is 11.5 Å². The van der Waals surface area contributed by atoms with Gasteiger partial charge in [0, 0.05) is 25.2 Å². The number of methoxy groups -OCH3 is 2. The smallest absolute Gasteiger partial charge is 0.226 e. The number of piperidine rings is 1. The van der Waals surface area contributed by atoms with Gasteiger partial charge in [0.25, 0.3) is 0 Å². The van der Waals surface area contributed by atoms with E-state index >= 15 is 0 Å². The van der Waals surface area contributed by atoms with Crippen molar-refractivity contribution in [1.29, 1.82) is 0 Å². The van der Waals surface area contributed by atoms with Crippen molar-refractivity contribution in [2.75, 3.05) is 32.2 Å². The van der Waals surface area contributed by atoms with Gasteiger partial charge in [-0.05, 0) is 54.7 Å². The molecule has 1 aliphatic heterocycles. The summed E-state index contributed by atoms with van der Waals surface area (Å²) >= 11 is 0. The van der Waals surface area contributed by atoms with E-state index in [4.69, 9.17) is 15.2 Å². The molecule has 1 fully saturated rings. The number of hydrogen-bond acceptors (Lipinski definition) is 4. The van der Waals surface area contributed by atoms with Crippen LogP contribution >= 0.6 is 24.0 Å². The van der Waals surface area contributed by atoms with E-state index in [0.29, 0.717) is 37.0 Å². The van der Waals surface area contributed by atoms with Crippen molar-refractivity contribution >= 4 is 41.5 Å². The predicted octanol–water partition coefficient (Wildman–Crippen LogP) is 3.49. The summed E-state index contributed by atoms with van der Waals surface area (Å²) in [6.07, 6.45) is 3.47. The third-order valence-electron chi connectivity index (χ3n) is 5.17. The number of carbonyl (C=O) groups is 1. The molecule has 0 saturated carbocycles. The monoisotopic (exact) mass is 538 g/mol. The highest BCUT2D eigenvalue weighted by atomic mass is 127. The number of aliphatic imine (C=N–C) groups is 1. The van der Waals surface area contributed by atoms with E-state index in [9.17, 15) is 4.79 Å². The number of benzene rings is 2. The molecule has 0 aromatic heterocycles. The molecule has 1 saturated heterocycles. The average Bonchev–Trinajstić information content (AvgIpc) is 2.78. The molecule has 1 aliphatic rings. The lowest BCUT2D eigenvalue weighted by Gasteiger charge is -2.26. The standard InChI is InChI=1S/C23H30N4O3.HI/c1-29-20-11-8-17(15-21(20)30-2)12-13-25-23(24)26-16-18-6-9-19(10-7-18)27-14-4-3-5-22(27)28;/h6-11,15H,3-5,12-14,16H2,1-2H3,(H3,24,25,26);1H. The van der Waals surface area contributed by atoms with Crippen LogP contribution in [0.25, 0.3) is 0 Å². The zero-order chi connectivity index (χ0) is 21.3. The van der Waals surface area contributed by atoms with Gasteiger partial charge in [0.2, 0.25) is 5.91 Å². The van der Waals surface area contributed by atoms with Crippen LogP contribution in [-0.4, -0.2) is 39.2 Å². The Morgan fingerprint density at radius 3 is 2.45 bits per heavy atom. The molecule has 1 heterocycles. The van der Waals surface area contributed by atoms with Crippen LogP contribution < -0.4 is 25.4 Å². The maximum Gasteiger partial charge on any atom is 0.226 e. The molecule has 1 amide bonds. The lowest BCUT2D eigenvalue weighted by Crippen LogP contribution is -2.35. The first-order valence-corrected chi connectivity index (χ1v) is 10.2. The number of anilines is 1. The Kier molecular flexibility index (Phi) is 9.90. The van der Waals surface area contributed by atoms with Crippen LogP contribution in [0.3, 0.4) is 0 Å². The number of hydrogen-bond donors (Lipinski definition) is 2. The zero-order valence-corrected chi connectivity index (χ0v) is 20.4. The van der Waals surface area contributed by atoms with Crippen LogP contribution in [0, 0.1) is 0 Å². The molecule has 7 nitrogen and oxygen atoms in total. The van der Waals surface area contributed by atoms with Gasteiger partial charge in [-0.1, -0.05) is 18.2 Å². The van der Waals surface area contributed by atoms with Gasteiger partial charge < -0.3 is 25.4 Å². The van der Waals surface area contributed by atoms with E-state index in [-0.39, 0.29) is 29.9 Å². The van der Waals surface area contributed by atoms with Gasteiger partial charge in [-0.3, -0.25) is 4.79 Å². The van der Waals surface area contributed by atoms with Gasteiger partial charge in [-0.2, -0.15) is 0 Å². The number of halogens is 1. The van der Waals surface area contributed by atoms with E-state index in [0.717, 1.165) is 42.6 Å². The number of ether oxygens (including phenoxy) is 2. The summed E-state index contributed by atoms with van der Waals surface area (Å²) in [5.41, 5.74) is 9.12. The Hall–Kier alpha value is -2.49. The number of nitrogens with two attached hydrogens (primary N) is 1. The minimum atomic E-state index is 0. The second-order valence-electron chi connectivity index (χ2n) is 7.24. The molecular formula is C23H31IN4O3. The van der Waals surface area contributed by atoms with Crippen molar-refractivity contribution in [2.45, 2.75) is 32.2 Å². The van der Waals surface area contributed by atoms with Gasteiger partial charge in [0.15, 0.2) is 17.5 Å². The highest BCUT2D eigenvalue weighted by molar-refractivity contribution is 14.0. The topological polar surface area (TPSA) is 89.2 Å². The molecule has 0 aliphatic carbocycles. The zero-order valence-electron chi connectivity index (χ0n) is 18.1. The lowest BCUT2D eigenvalue weighted by molar-refractivity contribution is -0.119. The van der Waals surface area contributed by atoms with Gasteiger partial charge in [0.1, 0.15) is 0 Å². The summed E-state index contributed by atoms with van der Waals surface area (Å²) in [5, 5.41) is 3.14. The molecule has 0 spiro atoms. The first-order valence-electron chi connectivity index (χ1n) is 10.2. The summed E-state index contributed by atoms with van der Waals surface area (Å²) in [5.74, 6) is 2.04. The summed E-state index contributed by atoms with van der Waals surface area (Å²) in [6.45, 7) is 1.96. The fourth-order valence-corrected chi connectivity index (χ4v) is 3.46. The first kappa shape index (κ1) is 24.8.